The average Bonchev–Trinajstić information content (AvgIpc) is 2.31. The Kier molecular flexibility index (Phi) is 4.92. The topological polar surface area (TPSA) is 70.5 Å². The molecule has 0 atom stereocenters. The van der Waals surface area contributed by atoms with Gasteiger partial charge in [-0.3, -0.25) is 0 Å². The van der Waals surface area contributed by atoms with E-state index < -0.39 is 0 Å². The quantitative estimate of drug-likeness (QED) is 0.568. The van der Waals surface area contributed by atoms with Gasteiger partial charge >= 0.3 is 0 Å². The number of hydrogen-bond acceptors (Lipinski definition) is 4. The highest BCUT2D eigenvalue weighted by molar-refractivity contribution is 5.64. The van der Waals surface area contributed by atoms with Crippen molar-refractivity contribution in [2.45, 2.75) is 19.3 Å². The van der Waals surface area contributed by atoms with Crippen molar-refractivity contribution in [3.8, 4) is 11.5 Å². The second-order valence-corrected chi connectivity index (χ2v) is 3.66. The molecule has 0 radical (unpaired) electrons. The molecular weight excluding hydrogens is 204 g/mol. The largest absolute Gasteiger partial charge is 0.494 e. The fourth-order valence-electron chi connectivity index (χ4n) is 1.61. The Morgan fingerprint density at radius 2 is 1.62 bits per heavy atom. The molecule has 0 aromatic heterocycles. The van der Waals surface area contributed by atoms with Gasteiger partial charge in [-0.05, 0) is 43.5 Å². The third kappa shape index (κ3) is 3.03. The molecule has 16 heavy (non-hydrogen) atoms. The zero-order valence-corrected chi connectivity index (χ0v) is 9.95. The lowest BCUT2D eigenvalue weighted by atomic mass is 10.1. The molecule has 0 heterocycles. The Morgan fingerprint density at radius 1 is 1.06 bits per heavy atom. The van der Waals surface area contributed by atoms with Crippen molar-refractivity contribution in [2.75, 3.05) is 26.5 Å². The Hall–Kier alpha value is -1.42. The second-order valence-electron chi connectivity index (χ2n) is 3.66. The lowest BCUT2D eigenvalue weighted by Crippen LogP contribution is -2.01. The SMILES string of the molecule is COc1cc(CCCCN)cc(OC)c1N. The maximum absolute atomic E-state index is 5.86. The van der Waals surface area contributed by atoms with Gasteiger partial charge in [0, 0.05) is 0 Å². The molecule has 0 saturated carbocycles. The molecule has 1 rings (SSSR count). The van der Waals surface area contributed by atoms with E-state index in [2.05, 4.69) is 0 Å². The third-order valence-electron chi connectivity index (χ3n) is 2.52. The molecule has 4 N–H and O–H groups in total. The lowest BCUT2D eigenvalue weighted by molar-refractivity contribution is 0.397. The van der Waals surface area contributed by atoms with Crippen LogP contribution in [0.5, 0.6) is 11.5 Å². The molecule has 1 aromatic carbocycles. The average molecular weight is 224 g/mol. The summed E-state index contributed by atoms with van der Waals surface area (Å²) in [5, 5.41) is 0. The molecule has 0 amide bonds. The van der Waals surface area contributed by atoms with Crippen LogP contribution in [0.25, 0.3) is 0 Å². The number of rotatable bonds is 6. The van der Waals surface area contributed by atoms with Crippen LogP contribution in [-0.4, -0.2) is 20.8 Å². The van der Waals surface area contributed by atoms with Crippen LogP contribution in [-0.2, 0) is 6.42 Å². The molecule has 4 nitrogen and oxygen atoms in total. The minimum absolute atomic E-state index is 0.549. The molecule has 0 saturated heterocycles. The first-order valence-corrected chi connectivity index (χ1v) is 5.43. The summed E-state index contributed by atoms with van der Waals surface area (Å²) in [6.07, 6.45) is 3.05. The van der Waals surface area contributed by atoms with Gasteiger partial charge in [-0.2, -0.15) is 0 Å². The monoisotopic (exact) mass is 224 g/mol. The van der Waals surface area contributed by atoms with E-state index >= 15 is 0 Å². The molecule has 0 bridgehead atoms. The molecule has 0 spiro atoms. The Balaban J connectivity index is 2.84. The summed E-state index contributed by atoms with van der Waals surface area (Å²) in [5.74, 6) is 1.34. The number of nitrogen functional groups attached to an aromatic ring is 1. The van der Waals surface area contributed by atoms with Crippen LogP contribution in [0.15, 0.2) is 12.1 Å². The van der Waals surface area contributed by atoms with Crippen LogP contribution < -0.4 is 20.9 Å². The van der Waals surface area contributed by atoms with E-state index in [1.807, 2.05) is 12.1 Å². The summed E-state index contributed by atoms with van der Waals surface area (Å²) in [5.41, 5.74) is 13.0. The molecule has 0 aliphatic rings. The second kappa shape index (κ2) is 6.23. The van der Waals surface area contributed by atoms with E-state index in [1.165, 1.54) is 0 Å². The van der Waals surface area contributed by atoms with Gasteiger partial charge in [0.1, 0.15) is 17.2 Å². The maximum atomic E-state index is 5.86. The first-order valence-electron chi connectivity index (χ1n) is 5.43. The molecule has 0 aliphatic carbocycles. The van der Waals surface area contributed by atoms with Crippen molar-refractivity contribution >= 4 is 5.69 Å². The van der Waals surface area contributed by atoms with Gasteiger partial charge < -0.3 is 20.9 Å². The van der Waals surface area contributed by atoms with Crippen LogP contribution in [0.1, 0.15) is 18.4 Å². The first-order chi connectivity index (χ1) is 7.72. The van der Waals surface area contributed by atoms with Crippen LogP contribution in [0.3, 0.4) is 0 Å². The number of benzene rings is 1. The molecule has 0 unspecified atom stereocenters. The van der Waals surface area contributed by atoms with Crippen molar-refractivity contribution < 1.29 is 9.47 Å². The number of anilines is 1. The minimum Gasteiger partial charge on any atom is -0.494 e. The van der Waals surface area contributed by atoms with Crippen molar-refractivity contribution in [3.63, 3.8) is 0 Å². The summed E-state index contributed by atoms with van der Waals surface area (Å²) in [6.45, 7) is 0.725. The standard InChI is InChI=1S/C12H20N2O2/c1-15-10-7-9(5-3-4-6-13)8-11(16-2)12(10)14/h7-8H,3-6,13-14H2,1-2H3. The molecule has 0 aliphatic heterocycles. The van der Waals surface area contributed by atoms with Gasteiger partial charge in [-0.25, -0.2) is 0 Å². The number of ether oxygens (including phenoxy) is 2. The highest BCUT2D eigenvalue weighted by Crippen LogP contribution is 2.33. The van der Waals surface area contributed by atoms with Crippen LogP contribution >= 0.6 is 0 Å². The number of unbranched alkanes of at least 4 members (excludes halogenated alkanes) is 1. The highest BCUT2D eigenvalue weighted by Gasteiger charge is 2.08. The zero-order valence-electron chi connectivity index (χ0n) is 9.95. The van der Waals surface area contributed by atoms with Crippen LogP contribution in [0.2, 0.25) is 0 Å². The van der Waals surface area contributed by atoms with E-state index in [1.54, 1.807) is 14.2 Å². The Bertz CT molecular complexity index is 315. The van der Waals surface area contributed by atoms with Gasteiger partial charge in [0.15, 0.2) is 0 Å². The lowest BCUT2D eigenvalue weighted by Gasteiger charge is -2.12. The van der Waals surface area contributed by atoms with Crippen molar-refractivity contribution in [1.29, 1.82) is 0 Å². The van der Waals surface area contributed by atoms with E-state index in [-0.39, 0.29) is 0 Å². The summed E-state index contributed by atoms with van der Waals surface area (Å²) < 4.78 is 10.4. The molecule has 4 heteroatoms. The van der Waals surface area contributed by atoms with E-state index in [4.69, 9.17) is 20.9 Å². The smallest absolute Gasteiger partial charge is 0.145 e. The fraction of sp³-hybridized carbons (Fsp3) is 0.500. The predicted octanol–water partition coefficient (Wildman–Crippen LogP) is 1.57. The third-order valence-corrected chi connectivity index (χ3v) is 2.52. The van der Waals surface area contributed by atoms with Crippen LogP contribution in [0, 0.1) is 0 Å². The number of aryl methyl sites for hydroxylation is 1. The van der Waals surface area contributed by atoms with Gasteiger partial charge in [-0.15, -0.1) is 0 Å². The normalized spacial score (nSPS) is 10.2. The van der Waals surface area contributed by atoms with E-state index in [0.29, 0.717) is 17.2 Å². The number of nitrogens with two attached hydrogens (primary N) is 2. The van der Waals surface area contributed by atoms with Crippen molar-refractivity contribution in [3.05, 3.63) is 17.7 Å². The van der Waals surface area contributed by atoms with Gasteiger partial charge in [-0.1, -0.05) is 0 Å². The number of methoxy groups -OCH3 is 2. The van der Waals surface area contributed by atoms with Gasteiger partial charge in [0.25, 0.3) is 0 Å². The fourth-order valence-corrected chi connectivity index (χ4v) is 1.61. The van der Waals surface area contributed by atoms with E-state index in [0.717, 1.165) is 31.4 Å². The van der Waals surface area contributed by atoms with Crippen molar-refractivity contribution in [2.24, 2.45) is 5.73 Å². The number of hydrogen-bond donors (Lipinski definition) is 2. The van der Waals surface area contributed by atoms with Crippen LogP contribution in [0.4, 0.5) is 5.69 Å². The summed E-state index contributed by atoms with van der Waals surface area (Å²) in [6, 6.07) is 3.91. The van der Waals surface area contributed by atoms with Crippen molar-refractivity contribution in [1.82, 2.24) is 0 Å². The summed E-state index contributed by atoms with van der Waals surface area (Å²) in [7, 11) is 3.21. The highest BCUT2D eigenvalue weighted by atomic mass is 16.5. The van der Waals surface area contributed by atoms with Gasteiger partial charge in [0.2, 0.25) is 0 Å². The Morgan fingerprint density at radius 3 is 2.06 bits per heavy atom. The van der Waals surface area contributed by atoms with Gasteiger partial charge in [0.05, 0.1) is 14.2 Å². The Labute approximate surface area is 96.5 Å². The first kappa shape index (κ1) is 12.6. The van der Waals surface area contributed by atoms with E-state index in [9.17, 15) is 0 Å². The predicted molar refractivity (Wildman–Crippen MR) is 66.0 cm³/mol. The summed E-state index contributed by atoms with van der Waals surface area (Å²) >= 11 is 0. The summed E-state index contributed by atoms with van der Waals surface area (Å²) in [4.78, 5) is 0. The minimum atomic E-state index is 0.549. The molecule has 1 aromatic rings. The molecular formula is C12H20N2O2. The molecule has 90 valence electrons. The molecule has 0 fully saturated rings. The maximum Gasteiger partial charge on any atom is 0.145 e. The zero-order chi connectivity index (χ0) is 12.0.